The van der Waals surface area contributed by atoms with Crippen molar-refractivity contribution in [1.82, 2.24) is 5.32 Å². The van der Waals surface area contributed by atoms with Crippen molar-refractivity contribution >= 4 is 5.97 Å². The number of halogens is 1. The van der Waals surface area contributed by atoms with Crippen LogP contribution in [0.2, 0.25) is 0 Å². The van der Waals surface area contributed by atoms with Gasteiger partial charge in [0.2, 0.25) is 0 Å². The lowest BCUT2D eigenvalue weighted by atomic mass is 9.69. The van der Waals surface area contributed by atoms with Crippen molar-refractivity contribution in [2.75, 3.05) is 13.7 Å². The molecule has 1 fully saturated rings. The highest BCUT2D eigenvalue weighted by atomic mass is 19.1. The van der Waals surface area contributed by atoms with Crippen LogP contribution in [0, 0.1) is 11.2 Å². The third-order valence-corrected chi connectivity index (χ3v) is 3.79. The van der Waals surface area contributed by atoms with E-state index < -0.39 is 11.4 Å². The highest BCUT2D eigenvalue weighted by Gasteiger charge is 2.43. The van der Waals surface area contributed by atoms with E-state index in [1.165, 1.54) is 19.2 Å². The van der Waals surface area contributed by atoms with E-state index in [1.54, 1.807) is 6.07 Å². The summed E-state index contributed by atoms with van der Waals surface area (Å²) >= 11 is 0. The summed E-state index contributed by atoms with van der Waals surface area (Å²) in [7, 11) is 1.53. The Morgan fingerprint density at radius 2 is 2.26 bits per heavy atom. The monoisotopic (exact) mass is 267 g/mol. The van der Waals surface area contributed by atoms with Gasteiger partial charge in [0.25, 0.3) is 0 Å². The fourth-order valence-corrected chi connectivity index (χ4v) is 2.39. The minimum Gasteiger partial charge on any atom is -0.496 e. The third-order valence-electron chi connectivity index (χ3n) is 3.79. The topological polar surface area (TPSA) is 58.6 Å². The molecule has 104 valence electrons. The number of carbonyl (C=O) groups is 1. The van der Waals surface area contributed by atoms with Crippen molar-refractivity contribution in [2.45, 2.75) is 25.8 Å². The van der Waals surface area contributed by atoms with Gasteiger partial charge in [-0.1, -0.05) is 6.42 Å². The molecule has 1 aromatic carbocycles. The lowest BCUT2D eigenvalue weighted by Crippen LogP contribution is -2.46. The molecule has 5 heteroatoms. The molecule has 19 heavy (non-hydrogen) atoms. The maximum absolute atomic E-state index is 13.2. The second-order valence-electron chi connectivity index (χ2n) is 5.00. The highest BCUT2D eigenvalue weighted by Crippen LogP contribution is 2.40. The zero-order valence-electron chi connectivity index (χ0n) is 10.9. The molecule has 1 aliphatic carbocycles. The number of carboxylic acid groups (broad SMARTS) is 1. The predicted octanol–water partition coefficient (Wildman–Crippen LogP) is 2.18. The van der Waals surface area contributed by atoms with Crippen LogP contribution in [0.5, 0.6) is 5.75 Å². The molecule has 0 radical (unpaired) electrons. The van der Waals surface area contributed by atoms with E-state index in [1.807, 2.05) is 0 Å². The Kier molecular flexibility index (Phi) is 4.04. The number of ether oxygens (including phenoxy) is 1. The number of nitrogens with one attached hydrogen (secondary N) is 1. The smallest absolute Gasteiger partial charge is 0.310 e. The molecule has 0 spiro atoms. The summed E-state index contributed by atoms with van der Waals surface area (Å²) in [5.41, 5.74) is 0.0583. The Labute approximate surface area is 111 Å². The number of hydrogen-bond acceptors (Lipinski definition) is 3. The van der Waals surface area contributed by atoms with E-state index in [0.29, 0.717) is 37.2 Å². The van der Waals surface area contributed by atoms with Gasteiger partial charge in [-0.25, -0.2) is 4.39 Å². The summed E-state index contributed by atoms with van der Waals surface area (Å²) < 4.78 is 18.3. The fraction of sp³-hybridized carbons (Fsp3) is 0.500. The lowest BCUT2D eigenvalue weighted by Gasteiger charge is -2.37. The van der Waals surface area contributed by atoms with Gasteiger partial charge < -0.3 is 15.2 Å². The van der Waals surface area contributed by atoms with Crippen LogP contribution in [0.4, 0.5) is 4.39 Å². The van der Waals surface area contributed by atoms with Gasteiger partial charge in [-0.05, 0) is 31.0 Å². The number of benzene rings is 1. The minimum atomic E-state index is -0.752. The number of methoxy groups -OCH3 is 1. The largest absolute Gasteiger partial charge is 0.496 e. The number of carboxylic acids is 1. The number of hydrogen-bond donors (Lipinski definition) is 2. The molecular weight excluding hydrogens is 249 g/mol. The van der Waals surface area contributed by atoms with Crippen LogP contribution in [0.1, 0.15) is 24.8 Å². The first-order chi connectivity index (χ1) is 9.07. The van der Waals surface area contributed by atoms with E-state index in [0.717, 1.165) is 6.42 Å². The molecule has 1 aliphatic rings. The van der Waals surface area contributed by atoms with Crippen molar-refractivity contribution in [3.05, 3.63) is 29.6 Å². The summed E-state index contributed by atoms with van der Waals surface area (Å²) in [6.07, 6.45) is 2.36. The molecule has 2 N–H and O–H groups in total. The molecule has 2 rings (SSSR count). The van der Waals surface area contributed by atoms with Crippen molar-refractivity contribution < 1.29 is 19.0 Å². The maximum Gasteiger partial charge on any atom is 0.310 e. The van der Waals surface area contributed by atoms with Gasteiger partial charge in [0, 0.05) is 18.7 Å². The van der Waals surface area contributed by atoms with Crippen LogP contribution in [-0.2, 0) is 11.3 Å². The first-order valence-electron chi connectivity index (χ1n) is 6.34. The molecule has 1 saturated carbocycles. The van der Waals surface area contributed by atoms with Gasteiger partial charge in [0.05, 0.1) is 12.5 Å². The van der Waals surface area contributed by atoms with Crippen LogP contribution >= 0.6 is 0 Å². The number of rotatable bonds is 6. The van der Waals surface area contributed by atoms with Crippen molar-refractivity contribution in [3.63, 3.8) is 0 Å². The summed E-state index contributed by atoms with van der Waals surface area (Å²) in [6, 6.07) is 4.32. The predicted molar refractivity (Wildman–Crippen MR) is 68.6 cm³/mol. The van der Waals surface area contributed by atoms with Crippen LogP contribution < -0.4 is 10.1 Å². The average Bonchev–Trinajstić information content (AvgIpc) is 2.32. The number of aliphatic carboxylic acids is 1. The van der Waals surface area contributed by atoms with Gasteiger partial charge >= 0.3 is 5.97 Å². The molecule has 1 aromatic rings. The zero-order chi connectivity index (χ0) is 13.9. The fourth-order valence-electron chi connectivity index (χ4n) is 2.39. The maximum atomic E-state index is 13.2. The Morgan fingerprint density at radius 3 is 2.79 bits per heavy atom. The first-order valence-corrected chi connectivity index (χ1v) is 6.34. The van der Waals surface area contributed by atoms with Gasteiger partial charge in [0.15, 0.2) is 0 Å². The molecule has 0 aliphatic heterocycles. The lowest BCUT2D eigenvalue weighted by molar-refractivity contribution is -0.154. The Bertz CT molecular complexity index is 472. The Hall–Kier alpha value is -1.62. The molecular formula is C14H18FNO3. The Morgan fingerprint density at radius 1 is 1.53 bits per heavy atom. The van der Waals surface area contributed by atoms with Gasteiger partial charge in [-0.2, -0.15) is 0 Å². The SMILES string of the molecule is COc1ccc(F)cc1CNCC1(C(=O)O)CCC1. The third kappa shape index (κ3) is 2.87. The van der Waals surface area contributed by atoms with E-state index >= 15 is 0 Å². The van der Waals surface area contributed by atoms with E-state index in [9.17, 15) is 14.3 Å². The molecule has 0 bridgehead atoms. The average molecular weight is 267 g/mol. The summed E-state index contributed by atoms with van der Waals surface area (Å²) in [5.74, 6) is -0.474. The molecule has 0 saturated heterocycles. The standard InChI is InChI=1S/C14H18FNO3/c1-19-12-4-3-11(15)7-10(12)8-16-9-14(13(17)18)5-2-6-14/h3-4,7,16H,2,5-6,8-9H2,1H3,(H,17,18). The van der Waals surface area contributed by atoms with Crippen molar-refractivity contribution in [1.29, 1.82) is 0 Å². The zero-order valence-corrected chi connectivity index (χ0v) is 10.9. The molecule has 0 aromatic heterocycles. The highest BCUT2D eigenvalue weighted by molar-refractivity contribution is 5.76. The van der Waals surface area contributed by atoms with Gasteiger partial charge in [-0.15, -0.1) is 0 Å². The molecule has 0 heterocycles. The van der Waals surface area contributed by atoms with E-state index in [4.69, 9.17) is 4.74 Å². The molecule has 0 atom stereocenters. The molecule has 4 nitrogen and oxygen atoms in total. The van der Waals surface area contributed by atoms with Crippen LogP contribution in [-0.4, -0.2) is 24.7 Å². The van der Waals surface area contributed by atoms with Crippen LogP contribution in [0.3, 0.4) is 0 Å². The second kappa shape index (κ2) is 5.57. The van der Waals surface area contributed by atoms with Crippen LogP contribution in [0.15, 0.2) is 18.2 Å². The first kappa shape index (κ1) is 13.8. The quantitative estimate of drug-likeness (QED) is 0.829. The second-order valence-corrected chi connectivity index (χ2v) is 5.00. The van der Waals surface area contributed by atoms with Crippen LogP contribution in [0.25, 0.3) is 0 Å². The summed E-state index contributed by atoms with van der Waals surface area (Å²) in [5, 5.41) is 12.3. The summed E-state index contributed by atoms with van der Waals surface area (Å²) in [4.78, 5) is 11.2. The van der Waals surface area contributed by atoms with Gasteiger partial charge in [0.1, 0.15) is 11.6 Å². The molecule has 0 unspecified atom stereocenters. The van der Waals surface area contributed by atoms with E-state index in [2.05, 4.69) is 5.32 Å². The van der Waals surface area contributed by atoms with E-state index in [-0.39, 0.29) is 5.82 Å². The molecule has 0 amide bonds. The van der Waals surface area contributed by atoms with Crippen molar-refractivity contribution in [2.24, 2.45) is 5.41 Å². The Balaban J connectivity index is 1.95. The minimum absolute atomic E-state index is 0.325. The summed E-state index contributed by atoms with van der Waals surface area (Å²) in [6.45, 7) is 0.804. The van der Waals surface area contributed by atoms with Crippen molar-refractivity contribution in [3.8, 4) is 5.75 Å². The normalized spacial score (nSPS) is 16.7. The van der Waals surface area contributed by atoms with Gasteiger partial charge in [-0.3, -0.25) is 4.79 Å².